The fraction of sp³-hybridized carbons (Fsp3) is 0.143. The second-order valence-electron chi connectivity index (χ2n) is 6.71. The second-order valence-corrected chi connectivity index (χ2v) is 6.71. The van der Waals surface area contributed by atoms with Crippen molar-refractivity contribution in [2.45, 2.75) is 18.9 Å². The zero-order valence-corrected chi connectivity index (χ0v) is 15.7. The van der Waals surface area contributed by atoms with E-state index in [2.05, 4.69) is 20.7 Å². The van der Waals surface area contributed by atoms with E-state index in [0.29, 0.717) is 5.95 Å². The lowest BCUT2D eigenvalue weighted by Crippen LogP contribution is -2.20. The highest BCUT2D eigenvalue weighted by Crippen LogP contribution is 2.33. The van der Waals surface area contributed by atoms with E-state index in [1.54, 1.807) is 16.8 Å². The van der Waals surface area contributed by atoms with Crippen molar-refractivity contribution in [3.63, 3.8) is 0 Å². The summed E-state index contributed by atoms with van der Waals surface area (Å²) in [5, 5.41) is 18.8. The number of amides is 1. The molecule has 0 aliphatic carbocycles. The normalized spacial score (nSPS) is 15.0. The van der Waals surface area contributed by atoms with Gasteiger partial charge in [0.05, 0.1) is 6.42 Å². The van der Waals surface area contributed by atoms with Crippen LogP contribution in [0.3, 0.4) is 0 Å². The standard InChI is InChI=1S/C21H18FN5O3/c22-15-8-6-14(7-9-15)17-12-16(13-4-2-1-3-5-13)23-21-25-20(26-27(17)21)24-18(28)10-11-19(29)30/h1-9,12,17H,10-11H2,(H,29,30)(H2,23,24,25,26,28). The quantitative estimate of drug-likeness (QED) is 0.579. The van der Waals surface area contributed by atoms with E-state index in [-0.39, 0.29) is 30.6 Å². The number of benzene rings is 2. The molecule has 9 heteroatoms. The van der Waals surface area contributed by atoms with Gasteiger partial charge in [0.15, 0.2) is 0 Å². The lowest BCUT2D eigenvalue weighted by Gasteiger charge is -2.24. The predicted molar refractivity (Wildman–Crippen MR) is 108 cm³/mol. The summed E-state index contributed by atoms with van der Waals surface area (Å²) in [5.41, 5.74) is 2.53. The third-order valence-corrected chi connectivity index (χ3v) is 4.58. The average Bonchev–Trinajstić information content (AvgIpc) is 3.15. The topological polar surface area (TPSA) is 109 Å². The average molecular weight is 407 g/mol. The number of fused-ring (bicyclic) bond motifs is 1. The van der Waals surface area contributed by atoms with Gasteiger partial charge in [-0.3, -0.25) is 14.9 Å². The SMILES string of the molecule is O=C(O)CCC(=O)Nc1nc2n(n1)C(c1ccc(F)cc1)C=C(c1ccccc1)N2. The number of rotatable bonds is 6. The number of hydrogen-bond acceptors (Lipinski definition) is 5. The van der Waals surface area contributed by atoms with Gasteiger partial charge in [0.2, 0.25) is 11.9 Å². The molecule has 1 aromatic heterocycles. The van der Waals surface area contributed by atoms with E-state index in [1.807, 2.05) is 36.4 Å². The maximum absolute atomic E-state index is 13.4. The van der Waals surface area contributed by atoms with Crippen molar-refractivity contribution in [2.24, 2.45) is 0 Å². The summed E-state index contributed by atoms with van der Waals surface area (Å²) in [4.78, 5) is 27.0. The first kappa shape index (κ1) is 19.3. The van der Waals surface area contributed by atoms with Crippen molar-refractivity contribution >= 4 is 29.5 Å². The van der Waals surface area contributed by atoms with Crippen LogP contribution in [-0.4, -0.2) is 31.7 Å². The highest BCUT2D eigenvalue weighted by molar-refractivity contribution is 5.91. The molecule has 1 amide bonds. The van der Waals surface area contributed by atoms with E-state index in [4.69, 9.17) is 5.11 Å². The Morgan fingerprint density at radius 2 is 1.83 bits per heavy atom. The maximum Gasteiger partial charge on any atom is 0.303 e. The summed E-state index contributed by atoms with van der Waals surface area (Å²) in [5.74, 6) is -1.43. The number of carbonyl (C=O) groups excluding carboxylic acids is 1. The van der Waals surface area contributed by atoms with Crippen molar-refractivity contribution in [1.82, 2.24) is 14.8 Å². The highest BCUT2D eigenvalue weighted by atomic mass is 19.1. The fourth-order valence-electron chi connectivity index (χ4n) is 3.14. The number of aromatic nitrogens is 3. The third-order valence-electron chi connectivity index (χ3n) is 4.58. The molecule has 8 nitrogen and oxygen atoms in total. The minimum atomic E-state index is -1.06. The number of carboxylic acid groups (broad SMARTS) is 1. The van der Waals surface area contributed by atoms with Crippen LogP contribution in [0.5, 0.6) is 0 Å². The first-order chi connectivity index (χ1) is 14.5. The number of allylic oxidation sites excluding steroid dienone is 1. The van der Waals surface area contributed by atoms with Gasteiger partial charge in [-0.1, -0.05) is 42.5 Å². The molecule has 0 radical (unpaired) electrons. The van der Waals surface area contributed by atoms with Gasteiger partial charge >= 0.3 is 5.97 Å². The molecule has 1 atom stereocenters. The van der Waals surface area contributed by atoms with Crippen LogP contribution in [0.1, 0.15) is 30.0 Å². The summed E-state index contributed by atoms with van der Waals surface area (Å²) in [6.07, 6.45) is 1.48. The molecule has 1 aliphatic rings. The van der Waals surface area contributed by atoms with Gasteiger partial charge in [0.25, 0.3) is 5.95 Å². The van der Waals surface area contributed by atoms with Crippen molar-refractivity contribution in [2.75, 3.05) is 10.6 Å². The van der Waals surface area contributed by atoms with E-state index in [9.17, 15) is 14.0 Å². The molecule has 0 bridgehead atoms. The van der Waals surface area contributed by atoms with Crippen LogP contribution >= 0.6 is 0 Å². The minimum Gasteiger partial charge on any atom is -0.481 e. The first-order valence-corrected chi connectivity index (χ1v) is 9.27. The molecule has 4 rings (SSSR count). The number of anilines is 2. The number of aliphatic carboxylic acids is 1. The van der Waals surface area contributed by atoms with Gasteiger partial charge in [-0.2, -0.15) is 4.98 Å². The Hall–Kier alpha value is -4.01. The number of carboxylic acids is 1. The molecule has 1 unspecified atom stereocenters. The van der Waals surface area contributed by atoms with Crippen LogP contribution in [-0.2, 0) is 9.59 Å². The van der Waals surface area contributed by atoms with Crippen LogP contribution < -0.4 is 10.6 Å². The smallest absolute Gasteiger partial charge is 0.303 e. The number of carbonyl (C=O) groups is 2. The number of halogens is 1. The van der Waals surface area contributed by atoms with Crippen molar-refractivity contribution in [3.8, 4) is 0 Å². The zero-order valence-electron chi connectivity index (χ0n) is 15.7. The van der Waals surface area contributed by atoms with Crippen molar-refractivity contribution < 1.29 is 19.1 Å². The zero-order chi connectivity index (χ0) is 21.1. The lowest BCUT2D eigenvalue weighted by molar-refractivity contribution is -0.138. The van der Waals surface area contributed by atoms with Crippen LogP contribution in [0.25, 0.3) is 5.70 Å². The Bertz CT molecular complexity index is 1110. The van der Waals surface area contributed by atoms with Crippen LogP contribution in [0, 0.1) is 5.82 Å². The van der Waals surface area contributed by atoms with Crippen molar-refractivity contribution in [1.29, 1.82) is 0 Å². The van der Waals surface area contributed by atoms with Crippen LogP contribution in [0.2, 0.25) is 0 Å². The van der Waals surface area contributed by atoms with Gasteiger partial charge in [-0.25, -0.2) is 9.07 Å². The monoisotopic (exact) mass is 407 g/mol. The molecule has 0 saturated carbocycles. The van der Waals surface area contributed by atoms with Crippen LogP contribution in [0.4, 0.5) is 16.3 Å². The predicted octanol–water partition coefficient (Wildman–Crippen LogP) is 3.28. The Morgan fingerprint density at radius 3 is 2.53 bits per heavy atom. The minimum absolute atomic E-state index is 0.0581. The molecule has 0 spiro atoms. The lowest BCUT2D eigenvalue weighted by atomic mass is 10.0. The number of nitrogens with one attached hydrogen (secondary N) is 2. The van der Waals surface area contributed by atoms with Gasteiger partial charge in [0.1, 0.15) is 11.9 Å². The second kappa shape index (κ2) is 8.16. The Labute approximate surface area is 171 Å². The first-order valence-electron chi connectivity index (χ1n) is 9.27. The van der Waals surface area contributed by atoms with Crippen molar-refractivity contribution in [3.05, 3.63) is 77.6 Å². The molecule has 30 heavy (non-hydrogen) atoms. The Morgan fingerprint density at radius 1 is 1.10 bits per heavy atom. The molecular formula is C21H18FN5O3. The Kier molecular flexibility index (Phi) is 5.25. The maximum atomic E-state index is 13.4. The molecule has 2 heterocycles. The number of nitrogens with zero attached hydrogens (tertiary/aromatic N) is 3. The fourth-order valence-corrected chi connectivity index (χ4v) is 3.14. The summed E-state index contributed by atoms with van der Waals surface area (Å²) in [6, 6.07) is 15.3. The summed E-state index contributed by atoms with van der Waals surface area (Å²) < 4.78 is 15.0. The highest BCUT2D eigenvalue weighted by Gasteiger charge is 2.26. The molecule has 0 fully saturated rings. The molecule has 2 aromatic carbocycles. The van der Waals surface area contributed by atoms with E-state index in [1.165, 1.54) is 12.1 Å². The number of hydrogen-bond donors (Lipinski definition) is 3. The molecule has 3 aromatic rings. The molecule has 1 aliphatic heterocycles. The molecule has 152 valence electrons. The Balaban J connectivity index is 1.66. The molecular weight excluding hydrogens is 389 g/mol. The summed E-state index contributed by atoms with van der Waals surface area (Å²) in [6.45, 7) is 0. The van der Waals surface area contributed by atoms with E-state index < -0.39 is 11.9 Å². The van der Waals surface area contributed by atoms with Gasteiger partial charge in [0, 0.05) is 12.1 Å². The third kappa shape index (κ3) is 4.19. The summed E-state index contributed by atoms with van der Waals surface area (Å²) >= 11 is 0. The van der Waals surface area contributed by atoms with Gasteiger partial charge in [-0.15, -0.1) is 5.10 Å². The van der Waals surface area contributed by atoms with E-state index >= 15 is 0 Å². The largest absolute Gasteiger partial charge is 0.481 e. The van der Waals surface area contributed by atoms with Gasteiger partial charge in [-0.05, 0) is 29.3 Å². The van der Waals surface area contributed by atoms with Crippen LogP contribution in [0.15, 0.2) is 60.7 Å². The molecule has 3 N–H and O–H groups in total. The summed E-state index contributed by atoms with van der Waals surface area (Å²) in [7, 11) is 0. The molecule has 0 saturated heterocycles. The van der Waals surface area contributed by atoms with E-state index in [0.717, 1.165) is 16.8 Å². The van der Waals surface area contributed by atoms with Gasteiger partial charge < -0.3 is 10.4 Å².